The smallest absolute Gasteiger partial charge is 0.310 e. The Bertz CT molecular complexity index is 474. The highest BCUT2D eigenvalue weighted by molar-refractivity contribution is 7.09. The maximum Gasteiger partial charge on any atom is 0.310 e. The van der Waals surface area contributed by atoms with Crippen LogP contribution in [0, 0.1) is 18.3 Å². The Balaban J connectivity index is 2.04. The Hall–Kier alpha value is -0.940. The number of carboxylic acid groups (broad SMARTS) is 1. The van der Waals surface area contributed by atoms with Crippen LogP contribution in [0.3, 0.4) is 0 Å². The summed E-state index contributed by atoms with van der Waals surface area (Å²) in [5.41, 5.74) is 2.35. The van der Waals surface area contributed by atoms with Gasteiger partial charge in [0.1, 0.15) is 0 Å². The van der Waals surface area contributed by atoms with E-state index in [-0.39, 0.29) is 0 Å². The van der Waals surface area contributed by atoms with Crippen molar-refractivity contribution in [2.45, 2.75) is 46.1 Å². The number of hydrogen-bond donors (Lipinski definition) is 1. The third-order valence-corrected chi connectivity index (χ3v) is 5.30. The molecule has 112 valence electrons. The first-order chi connectivity index (χ1) is 9.43. The molecule has 4 nitrogen and oxygen atoms in total. The molecule has 0 aliphatic heterocycles. The second-order valence-electron chi connectivity index (χ2n) is 6.32. The van der Waals surface area contributed by atoms with Gasteiger partial charge in [-0.3, -0.25) is 4.79 Å². The molecule has 1 heterocycles. The molecule has 1 aliphatic carbocycles. The van der Waals surface area contributed by atoms with Gasteiger partial charge in [0.2, 0.25) is 0 Å². The zero-order valence-corrected chi connectivity index (χ0v) is 13.4. The maximum absolute atomic E-state index is 11.8. The lowest BCUT2D eigenvalue weighted by atomic mass is 9.70. The lowest BCUT2D eigenvalue weighted by molar-refractivity contribution is -0.153. The van der Waals surface area contributed by atoms with Crippen molar-refractivity contribution in [2.24, 2.45) is 11.3 Å². The van der Waals surface area contributed by atoms with Crippen molar-refractivity contribution in [1.82, 2.24) is 9.88 Å². The Morgan fingerprint density at radius 3 is 2.95 bits per heavy atom. The van der Waals surface area contributed by atoms with Crippen LogP contribution in [0.15, 0.2) is 5.51 Å². The topological polar surface area (TPSA) is 53.4 Å². The number of aliphatic carboxylic acids is 1. The summed E-state index contributed by atoms with van der Waals surface area (Å²) in [5, 5.41) is 9.70. The van der Waals surface area contributed by atoms with Crippen LogP contribution in [0.25, 0.3) is 0 Å². The highest BCUT2D eigenvalue weighted by Crippen LogP contribution is 2.40. The van der Waals surface area contributed by atoms with Gasteiger partial charge < -0.3 is 10.0 Å². The predicted octanol–water partition coefficient (Wildman–Crippen LogP) is 3.16. The number of aromatic nitrogens is 1. The molecule has 1 N–H and O–H groups in total. The van der Waals surface area contributed by atoms with Crippen LogP contribution < -0.4 is 0 Å². The Labute approximate surface area is 124 Å². The summed E-state index contributed by atoms with van der Waals surface area (Å²) in [6, 6.07) is 0. The second kappa shape index (κ2) is 6.22. The van der Waals surface area contributed by atoms with Gasteiger partial charge in [0.05, 0.1) is 16.6 Å². The highest BCUT2D eigenvalue weighted by Gasteiger charge is 2.42. The minimum atomic E-state index is -0.628. The highest BCUT2D eigenvalue weighted by atomic mass is 32.1. The Morgan fingerprint density at radius 1 is 1.65 bits per heavy atom. The van der Waals surface area contributed by atoms with E-state index in [4.69, 9.17) is 0 Å². The molecule has 1 aliphatic rings. The van der Waals surface area contributed by atoms with Gasteiger partial charge in [0.15, 0.2) is 0 Å². The molecule has 0 radical (unpaired) electrons. The fourth-order valence-corrected chi connectivity index (χ4v) is 4.22. The molecule has 2 unspecified atom stereocenters. The van der Waals surface area contributed by atoms with Gasteiger partial charge in [-0.15, -0.1) is 11.3 Å². The van der Waals surface area contributed by atoms with Crippen LogP contribution >= 0.6 is 11.3 Å². The molecule has 2 rings (SSSR count). The SMILES string of the molecule is Cc1ncsc1CN(C)CC1(C(=O)O)CCCC(C)C1. The van der Waals surface area contributed by atoms with E-state index in [1.807, 2.05) is 19.5 Å². The normalized spacial score (nSPS) is 26.9. The molecule has 0 amide bonds. The summed E-state index contributed by atoms with van der Waals surface area (Å²) < 4.78 is 0. The van der Waals surface area contributed by atoms with Crippen molar-refractivity contribution in [3.63, 3.8) is 0 Å². The summed E-state index contributed by atoms with van der Waals surface area (Å²) in [5.74, 6) is -0.115. The molecule has 0 bridgehead atoms. The summed E-state index contributed by atoms with van der Waals surface area (Å²) in [6.07, 6.45) is 3.79. The van der Waals surface area contributed by atoms with Gasteiger partial charge in [-0.1, -0.05) is 19.8 Å². The number of rotatable bonds is 5. The zero-order chi connectivity index (χ0) is 14.8. The molecule has 0 aromatic carbocycles. The first-order valence-corrected chi connectivity index (χ1v) is 8.12. The summed E-state index contributed by atoms with van der Waals surface area (Å²) in [4.78, 5) is 19.4. The van der Waals surface area contributed by atoms with Crippen molar-refractivity contribution in [2.75, 3.05) is 13.6 Å². The van der Waals surface area contributed by atoms with Crippen molar-refractivity contribution >= 4 is 17.3 Å². The molecule has 20 heavy (non-hydrogen) atoms. The largest absolute Gasteiger partial charge is 0.481 e. The minimum Gasteiger partial charge on any atom is -0.481 e. The van der Waals surface area contributed by atoms with Crippen molar-refractivity contribution < 1.29 is 9.90 Å². The van der Waals surface area contributed by atoms with E-state index >= 15 is 0 Å². The van der Waals surface area contributed by atoms with Gasteiger partial charge in [-0.25, -0.2) is 4.98 Å². The number of aryl methyl sites for hydroxylation is 1. The lowest BCUT2D eigenvalue weighted by Gasteiger charge is -2.39. The molecule has 1 fully saturated rings. The van der Waals surface area contributed by atoms with Gasteiger partial charge in [-0.05, 0) is 32.7 Å². The van der Waals surface area contributed by atoms with E-state index in [1.54, 1.807) is 11.3 Å². The van der Waals surface area contributed by atoms with Crippen molar-refractivity contribution in [1.29, 1.82) is 0 Å². The first-order valence-electron chi connectivity index (χ1n) is 7.24. The number of carboxylic acids is 1. The van der Waals surface area contributed by atoms with Gasteiger partial charge in [0, 0.05) is 18.0 Å². The van der Waals surface area contributed by atoms with E-state index in [1.165, 1.54) is 4.88 Å². The minimum absolute atomic E-state index is 0.512. The molecule has 5 heteroatoms. The lowest BCUT2D eigenvalue weighted by Crippen LogP contribution is -2.44. The number of hydrogen-bond acceptors (Lipinski definition) is 4. The molecule has 1 aromatic rings. The third-order valence-electron chi connectivity index (χ3n) is 4.38. The van der Waals surface area contributed by atoms with E-state index in [9.17, 15) is 9.90 Å². The monoisotopic (exact) mass is 296 g/mol. The third kappa shape index (κ3) is 3.38. The van der Waals surface area contributed by atoms with Crippen LogP contribution in [0.2, 0.25) is 0 Å². The molecular formula is C15H24N2O2S. The van der Waals surface area contributed by atoms with Crippen LogP contribution in [-0.4, -0.2) is 34.6 Å². The number of carbonyl (C=O) groups is 1. The second-order valence-corrected chi connectivity index (χ2v) is 7.26. The first kappa shape index (κ1) is 15.4. The quantitative estimate of drug-likeness (QED) is 0.907. The van der Waals surface area contributed by atoms with E-state index in [0.29, 0.717) is 12.5 Å². The molecule has 1 aromatic heterocycles. The molecule has 2 atom stereocenters. The average molecular weight is 296 g/mol. The molecule has 1 saturated carbocycles. The van der Waals surface area contributed by atoms with Gasteiger partial charge in [0.25, 0.3) is 0 Å². The van der Waals surface area contributed by atoms with Crippen LogP contribution in [0.1, 0.15) is 43.2 Å². The summed E-state index contributed by atoms with van der Waals surface area (Å²) >= 11 is 1.65. The molecular weight excluding hydrogens is 272 g/mol. The number of nitrogens with zero attached hydrogens (tertiary/aromatic N) is 2. The van der Waals surface area contributed by atoms with Gasteiger partial charge >= 0.3 is 5.97 Å². The Kier molecular flexibility index (Phi) is 4.81. The standard InChI is InChI=1S/C15H24N2O2S/c1-11-5-4-6-15(7-11,14(18)19)9-17(3)8-13-12(2)16-10-20-13/h10-11H,4-9H2,1-3H3,(H,18,19). The summed E-state index contributed by atoms with van der Waals surface area (Å²) in [7, 11) is 2.02. The zero-order valence-electron chi connectivity index (χ0n) is 12.6. The van der Waals surface area contributed by atoms with Gasteiger partial charge in [-0.2, -0.15) is 0 Å². The van der Waals surface area contributed by atoms with Crippen LogP contribution in [-0.2, 0) is 11.3 Å². The van der Waals surface area contributed by atoms with Crippen molar-refractivity contribution in [3.8, 4) is 0 Å². The van der Waals surface area contributed by atoms with Crippen LogP contribution in [0.4, 0.5) is 0 Å². The summed E-state index contributed by atoms with van der Waals surface area (Å²) in [6.45, 7) is 5.60. The molecule has 0 spiro atoms. The maximum atomic E-state index is 11.8. The fourth-order valence-electron chi connectivity index (χ4n) is 3.36. The van der Waals surface area contributed by atoms with E-state index in [0.717, 1.165) is 37.9 Å². The Morgan fingerprint density at radius 2 is 2.40 bits per heavy atom. The van der Waals surface area contributed by atoms with Crippen molar-refractivity contribution in [3.05, 3.63) is 16.1 Å². The fraction of sp³-hybridized carbons (Fsp3) is 0.733. The predicted molar refractivity (Wildman–Crippen MR) is 80.9 cm³/mol. The van der Waals surface area contributed by atoms with E-state index < -0.39 is 11.4 Å². The number of thiazole rings is 1. The molecule has 0 saturated heterocycles. The van der Waals surface area contributed by atoms with E-state index in [2.05, 4.69) is 16.8 Å². The van der Waals surface area contributed by atoms with Crippen LogP contribution in [0.5, 0.6) is 0 Å². The average Bonchev–Trinajstić information content (AvgIpc) is 2.74.